The fourth-order valence-corrected chi connectivity index (χ4v) is 1.64. The van der Waals surface area contributed by atoms with Crippen LogP contribution >= 0.6 is 0 Å². The van der Waals surface area contributed by atoms with Crippen molar-refractivity contribution in [2.75, 3.05) is 19.7 Å². The Balaban J connectivity index is 2.29. The third kappa shape index (κ3) is 5.17. The number of likely N-dealkylation sites (tertiary alicyclic amines) is 1. The van der Waals surface area contributed by atoms with E-state index in [0.29, 0.717) is 26.1 Å². The maximum atomic E-state index is 11.7. The molecule has 17 heavy (non-hydrogen) atoms. The smallest absolute Gasteiger partial charge is 0.410 e. The molecule has 0 radical (unpaired) electrons. The van der Waals surface area contributed by atoms with Crippen LogP contribution in [-0.2, 0) is 14.3 Å². The highest BCUT2D eigenvalue weighted by atomic mass is 16.6. The first kappa shape index (κ1) is 14.0. The van der Waals surface area contributed by atoms with E-state index in [1.165, 1.54) is 0 Å². The average Bonchev–Trinajstić information content (AvgIpc) is 2.64. The molecule has 1 saturated heterocycles. The van der Waals surface area contributed by atoms with Crippen LogP contribution in [0.5, 0.6) is 0 Å². The van der Waals surface area contributed by atoms with Gasteiger partial charge in [-0.25, -0.2) is 4.79 Å². The zero-order valence-corrected chi connectivity index (χ0v) is 10.8. The normalized spacial score (nSPS) is 20.4. The highest BCUT2D eigenvalue weighted by Gasteiger charge is 2.29. The second-order valence-electron chi connectivity index (χ2n) is 5.16. The maximum Gasteiger partial charge on any atom is 0.410 e. The Kier molecular flexibility index (Phi) is 4.93. The molecule has 0 aromatic rings. The van der Waals surface area contributed by atoms with E-state index in [1.54, 1.807) is 4.90 Å². The van der Waals surface area contributed by atoms with Gasteiger partial charge in [0.2, 0.25) is 0 Å². The van der Waals surface area contributed by atoms with Crippen LogP contribution in [0.3, 0.4) is 0 Å². The van der Waals surface area contributed by atoms with Gasteiger partial charge in [-0.1, -0.05) is 0 Å². The summed E-state index contributed by atoms with van der Waals surface area (Å²) >= 11 is 0. The molecule has 0 N–H and O–H groups in total. The van der Waals surface area contributed by atoms with Crippen molar-refractivity contribution in [3.8, 4) is 0 Å². The lowest BCUT2D eigenvalue weighted by atomic mass is 10.2. The van der Waals surface area contributed by atoms with E-state index in [0.717, 1.165) is 12.7 Å². The molecule has 5 heteroatoms. The highest BCUT2D eigenvalue weighted by Crippen LogP contribution is 2.17. The molecule has 0 saturated carbocycles. The van der Waals surface area contributed by atoms with E-state index >= 15 is 0 Å². The molecule has 1 aliphatic heterocycles. The largest absolute Gasteiger partial charge is 0.444 e. The zero-order valence-electron chi connectivity index (χ0n) is 10.8. The molecular weight excluding hydrogens is 222 g/mol. The van der Waals surface area contributed by atoms with Crippen LogP contribution in [-0.4, -0.2) is 48.7 Å². The van der Waals surface area contributed by atoms with Crippen molar-refractivity contribution in [2.24, 2.45) is 0 Å². The Hall–Kier alpha value is -1.10. The summed E-state index contributed by atoms with van der Waals surface area (Å²) in [6.07, 6.45) is 1.78. The van der Waals surface area contributed by atoms with E-state index < -0.39 is 5.60 Å². The number of aldehydes is 1. The number of hydrogen-bond donors (Lipinski definition) is 0. The molecule has 98 valence electrons. The van der Waals surface area contributed by atoms with Gasteiger partial charge in [0.1, 0.15) is 11.9 Å². The number of ether oxygens (including phenoxy) is 2. The van der Waals surface area contributed by atoms with Gasteiger partial charge in [0.25, 0.3) is 0 Å². The minimum atomic E-state index is -0.465. The molecule has 1 unspecified atom stereocenters. The van der Waals surface area contributed by atoms with Crippen molar-refractivity contribution in [3.63, 3.8) is 0 Å². The molecular formula is C12H21NO4. The number of rotatable bonds is 4. The van der Waals surface area contributed by atoms with Crippen molar-refractivity contribution in [2.45, 2.75) is 45.3 Å². The number of amides is 1. The quantitative estimate of drug-likeness (QED) is 0.556. The van der Waals surface area contributed by atoms with E-state index in [4.69, 9.17) is 9.47 Å². The fourth-order valence-electron chi connectivity index (χ4n) is 1.64. The van der Waals surface area contributed by atoms with Gasteiger partial charge in [-0.2, -0.15) is 0 Å². The van der Waals surface area contributed by atoms with Crippen LogP contribution in [0.2, 0.25) is 0 Å². The second kappa shape index (κ2) is 6.00. The number of hydrogen-bond acceptors (Lipinski definition) is 4. The Bertz CT molecular complexity index is 272. The summed E-state index contributed by atoms with van der Waals surface area (Å²) in [6, 6.07) is 0. The summed E-state index contributed by atoms with van der Waals surface area (Å²) in [5.41, 5.74) is -0.465. The lowest BCUT2D eigenvalue weighted by Crippen LogP contribution is -2.36. The lowest BCUT2D eigenvalue weighted by Gasteiger charge is -2.24. The first-order valence-electron chi connectivity index (χ1n) is 5.95. The molecule has 0 bridgehead atoms. The van der Waals surface area contributed by atoms with Gasteiger partial charge in [-0.15, -0.1) is 0 Å². The fraction of sp³-hybridized carbons (Fsp3) is 0.833. The Morgan fingerprint density at radius 3 is 2.76 bits per heavy atom. The number of carbonyl (C=O) groups is 2. The van der Waals surface area contributed by atoms with Crippen molar-refractivity contribution in [3.05, 3.63) is 0 Å². The zero-order chi connectivity index (χ0) is 12.9. The molecule has 1 aliphatic rings. The molecule has 5 nitrogen and oxygen atoms in total. The topological polar surface area (TPSA) is 55.8 Å². The Morgan fingerprint density at radius 1 is 1.47 bits per heavy atom. The van der Waals surface area contributed by atoms with Gasteiger partial charge in [0.05, 0.1) is 19.3 Å². The molecule has 0 spiro atoms. The molecule has 0 aromatic heterocycles. The first-order valence-corrected chi connectivity index (χ1v) is 5.95. The van der Waals surface area contributed by atoms with Crippen molar-refractivity contribution in [1.29, 1.82) is 0 Å². The van der Waals surface area contributed by atoms with Crippen molar-refractivity contribution >= 4 is 12.4 Å². The minimum absolute atomic E-state index is 0.0301. The molecule has 1 heterocycles. The van der Waals surface area contributed by atoms with Crippen molar-refractivity contribution < 1.29 is 19.1 Å². The van der Waals surface area contributed by atoms with E-state index in [9.17, 15) is 9.59 Å². The van der Waals surface area contributed by atoms with Gasteiger partial charge in [-0.3, -0.25) is 0 Å². The molecule has 1 rings (SSSR count). The van der Waals surface area contributed by atoms with Gasteiger partial charge < -0.3 is 19.2 Å². The summed E-state index contributed by atoms with van der Waals surface area (Å²) in [7, 11) is 0. The number of nitrogens with zero attached hydrogens (tertiary/aromatic N) is 1. The summed E-state index contributed by atoms with van der Waals surface area (Å²) in [5, 5.41) is 0. The predicted octanol–water partition coefficient (Wildman–Crippen LogP) is 1.60. The molecule has 0 aliphatic carbocycles. The van der Waals surface area contributed by atoms with Crippen LogP contribution in [0.4, 0.5) is 4.79 Å². The summed E-state index contributed by atoms with van der Waals surface area (Å²) in [4.78, 5) is 23.5. The molecule has 1 amide bonds. The van der Waals surface area contributed by atoms with Crippen molar-refractivity contribution in [1.82, 2.24) is 4.90 Å². The molecule has 1 atom stereocenters. The third-order valence-corrected chi connectivity index (χ3v) is 2.39. The predicted molar refractivity (Wildman–Crippen MR) is 62.8 cm³/mol. The lowest BCUT2D eigenvalue weighted by molar-refractivity contribution is -0.109. The summed E-state index contributed by atoms with van der Waals surface area (Å²) in [5.74, 6) is 0. The Morgan fingerprint density at radius 2 is 2.18 bits per heavy atom. The van der Waals surface area contributed by atoms with Crippen LogP contribution in [0.15, 0.2) is 0 Å². The van der Waals surface area contributed by atoms with E-state index in [-0.39, 0.29) is 12.2 Å². The van der Waals surface area contributed by atoms with Gasteiger partial charge in [0.15, 0.2) is 0 Å². The third-order valence-electron chi connectivity index (χ3n) is 2.39. The van der Waals surface area contributed by atoms with Gasteiger partial charge >= 0.3 is 6.09 Å². The van der Waals surface area contributed by atoms with Crippen LogP contribution in [0, 0.1) is 0 Å². The monoisotopic (exact) mass is 243 g/mol. The average molecular weight is 243 g/mol. The summed E-state index contributed by atoms with van der Waals surface area (Å²) < 4.78 is 10.7. The van der Waals surface area contributed by atoms with E-state index in [1.807, 2.05) is 20.8 Å². The first-order chi connectivity index (χ1) is 7.92. The SMILES string of the molecule is CC(C)(C)OC(=O)N1CCC(OCCC=O)C1. The molecule has 0 aromatic carbocycles. The maximum absolute atomic E-state index is 11.7. The van der Waals surface area contributed by atoms with Crippen LogP contribution in [0.25, 0.3) is 0 Å². The standard InChI is InChI=1S/C12H21NO4/c1-12(2,3)17-11(15)13-6-5-10(9-13)16-8-4-7-14/h7,10H,4-6,8-9H2,1-3H3. The highest BCUT2D eigenvalue weighted by molar-refractivity contribution is 5.68. The number of carbonyl (C=O) groups excluding carboxylic acids is 2. The van der Waals surface area contributed by atoms with E-state index in [2.05, 4.69) is 0 Å². The molecule has 1 fully saturated rings. The summed E-state index contributed by atoms with van der Waals surface area (Å²) in [6.45, 7) is 7.17. The second-order valence-corrected chi connectivity index (χ2v) is 5.16. The van der Waals surface area contributed by atoms with Gasteiger partial charge in [0, 0.05) is 13.0 Å². The van der Waals surface area contributed by atoms with Gasteiger partial charge in [-0.05, 0) is 27.2 Å². The van der Waals surface area contributed by atoms with Crippen LogP contribution in [0.1, 0.15) is 33.6 Å². The Labute approximate surface area is 102 Å². The van der Waals surface area contributed by atoms with Crippen LogP contribution < -0.4 is 0 Å². The minimum Gasteiger partial charge on any atom is -0.444 e.